The minimum atomic E-state index is -1.02. The van der Waals surface area contributed by atoms with Crippen LogP contribution in [0.1, 0.15) is 24.2 Å². The molecule has 1 amide bonds. The maximum Gasteiger partial charge on any atom is 0.216 e. The van der Waals surface area contributed by atoms with Gasteiger partial charge in [-0.3, -0.25) is 4.79 Å². The zero-order chi connectivity index (χ0) is 13.0. The Balaban J connectivity index is 2.77. The molecule has 0 fully saturated rings. The van der Waals surface area contributed by atoms with Gasteiger partial charge in [-0.2, -0.15) is 0 Å². The molecule has 3 N–H and O–H groups in total. The van der Waals surface area contributed by atoms with Crippen LogP contribution in [0.2, 0.25) is 0 Å². The smallest absolute Gasteiger partial charge is 0.216 e. The monoisotopic (exact) mass is 301 g/mol. The van der Waals surface area contributed by atoms with Gasteiger partial charge in [0.25, 0.3) is 0 Å². The summed E-state index contributed by atoms with van der Waals surface area (Å²) in [6.45, 7) is 3.25. The highest BCUT2D eigenvalue weighted by Gasteiger charge is 2.20. The quantitative estimate of drug-likeness (QED) is 0.785. The summed E-state index contributed by atoms with van der Waals surface area (Å²) in [6, 6.07) is 5.41. The SMILES string of the molecule is CC(=O)NCC(O)C(O)c1cccc(Br)c1C. The second kappa shape index (κ2) is 6.14. The molecular formula is C12H16BrNO3. The lowest BCUT2D eigenvalue weighted by Crippen LogP contribution is -2.34. The largest absolute Gasteiger partial charge is 0.388 e. The number of aliphatic hydroxyl groups is 2. The summed E-state index contributed by atoms with van der Waals surface area (Å²) in [5.74, 6) is -0.234. The van der Waals surface area contributed by atoms with Gasteiger partial charge in [0.15, 0.2) is 0 Å². The van der Waals surface area contributed by atoms with Crippen LogP contribution in [0.25, 0.3) is 0 Å². The van der Waals surface area contributed by atoms with Crippen molar-refractivity contribution >= 4 is 21.8 Å². The average Bonchev–Trinajstić information content (AvgIpc) is 2.28. The Morgan fingerprint density at radius 3 is 2.71 bits per heavy atom. The van der Waals surface area contributed by atoms with E-state index in [1.807, 2.05) is 13.0 Å². The molecule has 0 bridgehead atoms. The number of carbonyl (C=O) groups is 1. The molecule has 17 heavy (non-hydrogen) atoms. The molecule has 5 heteroatoms. The molecule has 0 saturated heterocycles. The van der Waals surface area contributed by atoms with Crippen molar-refractivity contribution in [1.29, 1.82) is 0 Å². The molecule has 1 aromatic rings. The van der Waals surface area contributed by atoms with Gasteiger partial charge in [0.1, 0.15) is 12.2 Å². The second-order valence-corrected chi connectivity index (χ2v) is 4.76. The van der Waals surface area contributed by atoms with Gasteiger partial charge in [-0.05, 0) is 24.1 Å². The first-order chi connectivity index (χ1) is 7.93. The Morgan fingerprint density at radius 1 is 1.47 bits per heavy atom. The summed E-state index contributed by atoms with van der Waals surface area (Å²) in [4.78, 5) is 10.7. The molecule has 0 aliphatic heterocycles. The fourth-order valence-electron chi connectivity index (χ4n) is 1.51. The van der Waals surface area contributed by atoms with Crippen LogP contribution in [0.5, 0.6) is 0 Å². The first-order valence-electron chi connectivity index (χ1n) is 5.29. The molecule has 0 saturated carbocycles. The fraction of sp³-hybridized carbons (Fsp3) is 0.417. The molecule has 0 aliphatic carbocycles. The summed E-state index contributed by atoms with van der Waals surface area (Å²) in [5.41, 5.74) is 1.53. The van der Waals surface area contributed by atoms with Crippen LogP contribution in [-0.4, -0.2) is 28.8 Å². The van der Waals surface area contributed by atoms with Gasteiger partial charge in [0.2, 0.25) is 5.91 Å². The second-order valence-electron chi connectivity index (χ2n) is 3.90. The van der Waals surface area contributed by atoms with Crippen LogP contribution in [0.3, 0.4) is 0 Å². The Morgan fingerprint density at radius 2 is 2.12 bits per heavy atom. The van der Waals surface area contributed by atoms with E-state index in [2.05, 4.69) is 21.2 Å². The normalized spacial score (nSPS) is 14.2. The van der Waals surface area contributed by atoms with Crippen molar-refractivity contribution in [3.05, 3.63) is 33.8 Å². The molecule has 2 unspecified atom stereocenters. The predicted octanol–water partition coefficient (Wildman–Crippen LogP) is 1.29. The van der Waals surface area contributed by atoms with Gasteiger partial charge in [-0.1, -0.05) is 28.1 Å². The maximum atomic E-state index is 10.7. The number of amides is 1. The number of rotatable bonds is 4. The Bertz CT molecular complexity index is 409. The summed E-state index contributed by atoms with van der Waals surface area (Å²) >= 11 is 3.36. The van der Waals surface area contributed by atoms with Gasteiger partial charge >= 0.3 is 0 Å². The molecule has 4 nitrogen and oxygen atoms in total. The molecule has 0 spiro atoms. The number of aliphatic hydroxyl groups excluding tert-OH is 2. The van der Waals surface area contributed by atoms with Gasteiger partial charge in [-0.15, -0.1) is 0 Å². The van der Waals surface area contributed by atoms with Crippen LogP contribution >= 0.6 is 15.9 Å². The van der Waals surface area contributed by atoms with E-state index in [0.29, 0.717) is 5.56 Å². The van der Waals surface area contributed by atoms with E-state index in [9.17, 15) is 15.0 Å². The van der Waals surface area contributed by atoms with Crippen molar-refractivity contribution in [2.75, 3.05) is 6.54 Å². The molecule has 0 radical (unpaired) electrons. The standard InChI is InChI=1S/C12H16BrNO3/c1-7-9(4-3-5-10(7)13)12(17)11(16)6-14-8(2)15/h3-5,11-12,16-17H,6H2,1-2H3,(H,14,15). The van der Waals surface area contributed by atoms with E-state index in [4.69, 9.17) is 0 Å². The van der Waals surface area contributed by atoms with Crippen molar-refractivity contribution in [3.8, 4) is 0 Å². The van der Waals surface area contributed by atoms with Crippen LogP contribution in [0, 0.1) is 6.92 Å². The molecule has 0 aliphatic rings. The Kier molecular flexibility index (Phi) is 5.11. The van der Waals surface area contributed by atoms with Crippen LogP contribution < -0.4 is 5.32 Å². The lowest BCUT2D eigenvalue weighted by atomic mass is 9.99. The number of hydrogen-bond donors (Lipinski definition) is 3. The predicted molar refractivity (Wildman–Crippen MR) is 68.5 cm³/mol. The Hall–Kier alpha value is -0.910. The molecule has 0 heterocycles. The molecular weight excluding hydrogens is 286 g/mol. The topological polar surface area (TPSA) is 69.6 Å². The lowest BCUT2D eigenvalue weighted by Gasteiger charge is -2.20. The van der Waals surface area contributed by atoms with E-state index in [0.717, 1.165) is 10.0 Å². The van der Waals surface area contributed by atoms with Gasteiger partial charge < -0.3 is 15.5 Å². The molecule has 1 aromatic carbocycles. The number of benzene rings is 1. The molecule has 94 valence electrons. The minimum Gasteiger partial charge on any atom is -0.388 e. The third kappa shape index (κ3) is 3.80. The van der Waals surface area contributed by atoms with E-state index in [-0.39, 0.29) is 12.5 Å². The number of carbonyl (C=O) groups excluding carboxylic acids is 1. The van der Waals surface area contributed by atoms with Crippen LogP contribution in [-0.2, 0) is 4.79 Å². The highest BCUT2D eigenvalue weighted by atomic mass is 79.9. The van der Waals surface area contributed by atoms with E-state index in [1.54, 1.807) is 12.1 Å². The molecule has 1 rings (SSSR count). The van der Waals surface area contributed by atoms with E-state index in [1.165, 1.54) is 6.92 Å². The van der Waals surface area contributed by atoms with Crippen molar-refractivity contribution in [2.45, 2.75) is 26.1 Å². The molecule has 0 aromatic heterocycles. The summed E-state index contributed by atoms with van der Waals surface area (Å²) in [5, 5.41) is 22.2. The lowest BCUT2D eigenvalue weighted by molar-refractivity contribution is -0.119. The zero-order valence-electron chi connectivity index (χ0n) is 9.77. The van der Waals surface area contributed by atoms with Gasteiger partial charge in [-0.25, -0.2) is 0 Å². The van der Waals surface area contributed by atoms with Crippen molar-refractivity contribution in [1.82, 2.24) is 5.32 Å². The number of hydrogen-bond acceptors (Lipinski definition) is 3. The number of halogens is 1. The van der Waals surface area contributed by atoms with Crippen molar-refractivity contribution in [3.63, 3.8) is 0 Å². The van der Waals surface area contributed by atoms with Crippen molar-refractivity contribution < 1.29 is 15.0 Å². The summed E-state index contributed by atoms with van der Waals surface area (Å²) in [7, 11) is 0. The summed E-state index contributed by atoms with van der Waals surface area (Å²) in [6.07, 6.45) is -2.04. The van der Waals surface area contributed by atoms with E-state index < -0.39 is 12.2 Å². The van der Waals surface area contributed by atoms with Crippen molar-refractivity contribution in [2.24, 2.45) is 0 Å². The van der Waals surface area contributed by atoms with Crippen LogP contribution in [0.4, 0.5) is 0 Å². The third-order valence-corrected chi connectivity index (χ3v) is 3.41. The maximum absolute atomic E-state index is 10.7. The first-order valence-corrected chi connectivity index (χ1v) is 6.08. The fourth-order valence-corrected chi connectivity index (χ4v) is 1.89. The zero-order valence-corrected chi connectivity index (χ0v) is 11.4. The summed E-state index contributed by atoms with van der Waals surface area (Å²) < 4.78 is 0.876. The van der Waals surface area contributed by atoms with E-state index >= 15 is 0 Å². The van der Waals surface area contributed by atoms with Gasteiger partial charge in [0, 0.05) is 17.9 Å². The number of nitrogens with one attached hydrogen (secondary N) is 1. The highest BCUT2D eigenvalue weighted by molar-refractivity contribution is 9.10. The highest BCUT2D eigenvalue weighted by Crippen LogP contribution is 2.26. The minimum absolute atomic E-state index is 0.0302. The van der Waals surface area contributed by atoms with Crippen LogP contribution in [0.15, 0.2) is 22.7 Å². The first kappa shape index (κ1) is 14.2. The third-order valence-electron chi connectivity index (χ3n) is 2.55. The average molecular weight is 302 g/mol. The van der Waals surface area contributed by atoms with Gasteiger partial charge in [0.05, 0.1) is 0 Å². The molecule has 2 atom stereocenters. The Labute approximate surface area is 109 Å².